The van der Waals surface area contributed by atoms with Gasteiger partial charge < -0.3 is 10.2 Å². The van der Waals surface area contributed by atoms with Crippen LogP contribution in [0.1, 0.15) is 24.0 Å². The van der Waals surface area contributed by atoms with Crippen molar-refractivity contribution in [2.45, 2.75) is 25.9 Å². The minimum Gasteiger partial charge on any atom is -0.508 e. The summed E-state index contributed by atoms with van der Waals surface area (Å²) in [5.74, 6) is 1.18. The fourth-order valence-electron chi connectivity index (χ4n) is 2.69. The zero-order chi connectivity index (χ0) is 15.5. The molecule has 0 heterocycles. The van der Waals surface area contributed by atoms with Gasteiger partial charge in [0.1, 0.15) is 11.5 Å². The summed E-state index contributed by atoms with van der Waals surface area (Å²) < 4.78 is 0. The molecule has 0 amide bonds. The van der Waals surface area contributed by atoms with Crippen LogP contribution in [0.3, 0.4) is 0 Å². The Morgan fingerprint density at radius 3 is 2.55 bits per heavy atom. The van der Waals surface area contributed by atoms with Gasteiger partial charge in [-0.1, -0.05) is 35.9 Å². The molecule has 4 heteroatoms. The molecule has 3 rings (SSSR count). The Labute approximate surface area is 135 Å². The molecule has 2 aromatic rings. The van der Waals surface area contributed by atoms with E-state index in [0.29, 0.717) is 17.3 Å². The second kappa shape index (κ2) is 6.59. The van der Waals surface area contributed by atoms with E-state index in [-0.39, 0.29) is 5.75 Å². The van der Waals surface area contributed by atoms with Crippen molar-refractivity contribution < 1.29 is 10.2 Å². The largest absolute Gasteiger partial charge is 0.508 e. The maximum Gasteiger partial charge on any atom is 0.134 e. The number of benzene rings is 2. The van der Waals surface area contributed by atoms with Crippen molar-refractivity contribution in [2.24, 2.45) is 5.92 Å². The van der Waals surface area contributed by atoms with Gasteiger partial charge in [-0.25, -0.2) is 0 Å². The van der Waals surface area contributed by atoms with Gasteiger partial charge in [-0.05, 0) is 48.1 Å². The van der Waals surface area contributed by atoms with Crippen LogP contribution in [0.5, 0.6) is 11.5 Å². The predicted molar refractivity (Wildman–Crippen MR) is 88.1 cm³/mol. The summed E-state index contributed by atoms with van der Waals surface area (Å²) in [6.45, 7) is 2.47. The second-order valence-electron chi connectivity index (χ2n) is 6.03. The first-order chi connectivity index (χ1) is 10.6. The molecule has 22 heavy (non-hydrogen) atoms. The number of phenols is 2. The molecule has 116 valence electrons. The molecule has 2 aromatic carbocycles. The Balaban J connectivity index is 1.75. The molecule has 0 aromatic heterocycles. The maximum absolute atomic E-state index is 9.75. The van der Waals surface area contributed by atoms with E-state index in [4.69, 9.17) is 11.6 Å². The van der Waals surface area contributed by atoms with Crippen molar-refractivity contribution in [1.82, 2.24) is 4.90 Å². The standard InChI is InChI=1S/C18H20ClNO2/c19-18-15(4-2-6-17(18)22)12-20(10-13-7-8-13)11-14-3-1-5-16(21)9-14/h1-6,9,13,21-22H,7-8,10-12H2. The van der Waals surface area contributed by atoms with Crippen LogP contribution in [0.25, 0.3) is 0 Å². The van der Waals surface area contributed by atoms with Crippen molar-refractivity contribution in [1.29, 1.82) is 0 Å². The van der Waals surface area contributed by atoms with E-state index in [1.54, 1.807) is 18.2 Å². The number of halogens is 1. The van der Waals surface area contributed by atoms with Gasteiger partial charge in [-0.15, -0.1) is 0 Å². The third-order valence-electron chi connectivity index (χ3n) is 3.98. The van der Waals surface area contributed by atoms with Crippen LogP contribution in [0, 0.1) is 5.92 Å². The molecule has 0 atom stereocenters. The van der Waals surface area contributed by atoms with Crippen molar-refractivity contribution in [3.8, 4) is 11.5 Å². The van der Waals surface area contributed by atoms with Gasteiger partial charge in [0.05, 0.1) is 5.02 Å². The minimum absolute atomic E-state index is 0.128. The summed E-state index contributed by atoms with van der Waals surface area (Å²) in [6, 6.07) is 12.7. The van der Waals surface area contributed by atoms with Gasteiger partial charge in [0.25, 0.3) is 0 Å². The average Bonchev–Trinajstić information content (AvgIpc) is 3.28. The van der Waals surface area contributed by atoms with Gasteiger partial charge in [0.2, 0.25) is 0 Å². The quantitative estimate of drug-likeness (QED) is 0.840. The zero-order valence-corrected chi connectivity index (χ0v) is 13.1. The van der Waals surface area contributed by atoms with E-state index < -0.39 is 0 Å². The highest BCUT2D eigenvalue weighted by Gasteiger charge is 2.25. The normalized spacial score (nSPS) is 14.5. The molecule has 0 unspecified atom stereocenters. The first-order valence-electron chi connectivity index (χ1n) is 7.58. The molecular weight excluding hydrogens is 298 g/mol. The van der Waals surface area contributed by atoms with Crippen LogP contribution in [0.15, 0.2) is 42.5 Å². The molecule has 1 aliphatic rings. The number of nitrogens with zero attached hydrogens (tertiary/aromatic N) is 1. The summed E-state index contributed by atoms with van der Waals surface area (Å²) in [5, 5.41) is 19.8. The number of rotatable bonds is 6. The van der Waals surface area contributed by atoms with E-state index in [9.17, 15) is 10.2 Å². The van der Waals surface area contributed by atoms with Gasteiger partial charge in [0.15, 0.2) is 0 Å². The van der Waals surface area contributed by atoms with Crippen LogP contribution in [-0.2, 0) is 13.1 Å². The molecule has 0 radical (unpaired) electrons. The Morgan fingerprint density at radius 2 is 1.82 bits per heavy atom. The topological polar surface area (TPSA) is 43.7 Å². The number of phenolic OH excluding ortho intramolecular Hbond substituents is 2. The van der Waals surface area contributed by atoms with Gasteiger partial charge in [-0.3, -0.25) is 4.90 Å². The molecule has 1 fully saturated rings. The highest BCUT2D eigenvalue weighted by Crippen LogP contribution is 2.32. The molecule has 3 nitrogen and oxygen atoms in total. The smallest absolute Gasteiger partial charge is 0.134 e. The molecule has 0 saturated heterocycles. The lowest BCUT2D eigenvalue weighted by molar-refractivity contribution is 0.245. The lowest BCUT2D eigenvalue weighted by atomic mass is 10.1. The van der Waals surface area contributed by atoms with Crippen molar-refractivity contribution in [3.05, 3.63) is 58.6 Å². The average molecular weight is 318 g/mol. The van der Waals surface area contributed by atoms with Crippen LogP contribution >= 0.6 is 11.6 Å². The van der Waals surface area contributed by atoms with E-state index >= 15 is 0 Å². The summed E-state index contributed by atoms with van der Waals surface area (Å²) in [5.41, 5.74) is 2.01. The van der Waals surface area contributed by atoms with Crippen LogP contribution < -0.4 is 0 Å². The van der Waals surface area contributed by atoms with Crippen molar-refractivity contribution in [2.75, 3.05) is 6.54 Å². The zero-order valence-electron chi connectivity index (χ0n) is 12.4. The first-order valence-corrected chi connectivity index (χ1v) is 7.96. The monoisotopic (exact) mass is 317 g/mol. The highest BCUT2D eigenvalue weighted by atomic mass is 35.5. The van der Waals surface area contributed by atoms with Gasteiger partial charge in [0, 0.05) is 19.6 Å². The van der Waals surface area contributed by atoms with E-state index in [1.165, 1.54) is 12.8 Å². The lowest BCUT2D eigenvalue weighted by Crippen LogP contribution is -2.25. The Bertz CT molecular complexity index is 655. The molecule has 0 aliphatic heterocycles. The number of aromatic hydroxyl groups is 2. The lowest BCUT2D eigenvalue weighted by Gasteiger charge is -2.23. The molecule has 0 bridgehead atoms. The summed E-state index contributed by atoms with van der Waals surface area (Å²) in [7, 11) is 0. The Hall–Kier alpha value is -1.71. The third kappa shape index (κ3) is 3.93. The van der Waals surface area contributed by atoms with Crippen molar-refractivity contribution >= 4 is 11.6 Å². The third-order valence-corrected chi connectivity index (χ3v) is 4.42. The van der Waals surface area contributed by atoms with Crippen LogP contribution in [0.2, 0.25) is 5.02 Å². The van der Waals surface area contributed by atoms with Gasteiger partial charge >= 0.3 is 0 Å². The summed E-state index contributed by atoms with van der Waals surface area (Å²) >= 11 is 6.20. The van der Waals surface area contributed by atoms with Gasteiger partial charge in [-0.2, -0.15) is 0 Å². The van der Waals surface area contributed by atoms with Crippen LogP contribution in [-0.4, -0.2) is 21.7 Å². The maximum atomic E-state index is 9.75. The second-order valence-corrected chi connectivity index (χ2v) is 6.41. The predicted octanol–water partition coefficient (Wildman–Crippen LogP) is 4.16. The SMILES string of the molecule is Oc1cccc(CN(Cc2cccc(O)c2Cl)CC2CC2)c1. The summed E-state index contributed by atoms with van der Waals surface area (Å²) in [4.78, 5) is 2.33. The first kappa shape index (κ1) is 15.2. The fourth-order valence-corrected chi connectivity index (χ4v) is 2.88. The van der Waals surface area contributed by atoms with E-state index in [1.807, 2.05) is 24.3 Å². The molecular formula is C18H20ClNO2. The Morgan fingerprint density at radius 1 is 1.05 bits per heavy atom. The molecule has 1 saturated carbocycles. The highest BCUT2D eigenvalue weighted by molar-refractivity contribution is 6.32. The number of hydrogen-bond donors (Lipinski definition) is 2. The molecule has 1 aliphatic carbocycles. The number of hydrogen-bond acceptors (Lipinski definition) is 3. The van der Waals surface area contributed by atoms with E-state index in [2.05, 4.69) is 4.90 Å². The minimum atomic E-state index is 0.128. The fraction of sp³-hybridized carbons (Fsp3) is 0.333. The van der Waals surface area contributed by atoms with Crippen LogP contribution in [0.4, 0.5) is 0 Å². The Kier molecular flexibility index (Phi) is 4.55. The summed E-state index contributed by atoms with van der Waals surface area (Å²) in [6.07, 6.45) is 2.56. The molecule has 0 spiro atoms. The molecule has 2 N–H and O–H groups in total. The van der Waals surface area contributed by atoms with Crippen molar-refractivity contribution in [3.63, 3.8) is 0 Å². The van der Waals surface area contributed by atoms with E-state index in [0.717, 1.165) is 30.1 Å².